The van der Waals surface area contributed by atoms with Crippen LogP contribution in [0.5, 0.6) is 0 Å². The van der Waals surface area contributed by atoms with E-state index in [1.165, 1.54) is 13.0 Å². The molecule has 1 saturated heterocycles. The fraction of sp³-hybridized carbons (Fsp3) is 0.500. The van der Waals surface area contributed by atoms with Crippen molar-refractivity contribution >= 4 is 18.1 Å². The number of rotatable bonds is 3. The van der Waals surface area contributed by atoms with Crippen molar-refractivity contribution in [2.45, 2.75) is 13.5 Å². The normalized spacial score (nSPS) is 16.8. The summed E-state index contributed by atoms with van der Waals surface area (Å²) in [4.78, 5) is 2.13. The third-order valence-electron chi connectivity index (χ3n) is 3.52. The Hall–Kier alpha value is 0.431. The second kappa shape index (κ2) is 7.62. The van der Waals surface area contributed by atoms with Gasteiger partial charge in [0.25, 0.3) is 0 Å². The number of hydrogen-bond donors (Lipinski definition) is 2. The molecule has 8 heteroatoms. The Kier molecular flexibility index (Phi) is 7.04. The summed E-state index contributed by atoms with van der Waals surface area (Å²) in [5.74, 6) is 0. The zero-order valence-electron chi connectivity index (χ0n) is 11.9. The molecule has 0 spiro atoms. The fourth-order valence-electron chi connectivity index (χ4n) is 2.38. The van der Waals surface area contributed by atoms with E-state index in [-0.39, 0.29) is 62.6 Å². The number of nitrogens with one attached hydrogen (secondary N) is 1. The number of nitrogens with two attached hydrogens (primary N) is 1. The molecule has 0 saturated carbocycles. The van der Waals surface area contributed by atoms with Crippen LogP contribution in [0.15, 0.2) is 12.1 Å². The van der Waals surface area contributed by atoms with Crippen molar-refractivity contribution in [2.24, 2.45) is 0 Å². The largest absolute Gasteiger partial charge is 1.00 e. The first-order chi connectivity index (χ1) is 8.88. The molecular formula is C12H18BF3KN3. The minimum Gasteiger partial charge on any atom is -0.445 e. The third kappa shape index (κ3) is 4.72. The van der Waals surface area contributed by atoms with Crippen LogP contribution in [0.2, 0.25) is 0 Å². The van der Waals surface area contributed by atoms with E-state index in [9.17, 15) is 12.9 Å². The molecule has 0 atom stereocenters. The van der Waals surface area contributed by atoms with Crippen molar-refractivity contribution in [1.29, 1.82) is 0 Å². The molecular weight excluding hydrogens is 293 g/mol. The van der Waals surface area contributed by atoms with E-state index in [1.807, 2.05) is 0 Å². The van der Waals surface area contributed by atoms with Crippen molar-refractivity contribution in [3.63, 3.8) is 0 Å². The smallest absolute Gasteiger partial charge is 0.445 e. The number of halogens is 3. The van der Waals surface area contributed by atoms with Gasteiger partial charge in [-0.25, -0.2) is 0 Å². The van der Waals surface area contributed by atoms with E-state index in [1.54, 1.807) is 6.07 Å². The SMILES string of the molecule is Cc1c(N)cc(CN2CCNCC2)cc1[B-](F)(F)F.[K+]. The quantitative estimate of drug-likeness (QED) is 0.503. The van der Waals surface area contributed by atoms with E-state index >= 15 is 0 Å². The van der Waals surface area contributed by atoms with Crippen LogP contribution in [-0.2, 0) is 6.54 Å². The molecule has 0 aliphatic carbocycles. The zero-order valence-corrected chi connectivity index (χ0v) is 15.0. The minimum absolute atomic E-state index is 0. The van der Waals surface area contributed by atoms with Gasteiger partial charge >= 0.3 is 58.4 Å². The average molecular weight is 311 g/mol. The Bertz CT molecular complexity index is 462. The Labute approximate surface area is 159 Å². The summed E-state index contributed by atoms with van der Waals surface area (Å²) in [6.07, 6.45) is 0. The van der Waals surface area contributed by atoms with Crippen molar-refractivity contribution in [2.75, 3.05) is 31.9 Å². The average Bonchev–Trinajstić information content (AvgIpc) is 2.33. The van der Waals surface area contributed by atoms with Gasteiger partial charge in [0.2, 0.25) is 0 Å². The molecule has 3 N–H and O–H groups in total. The molecule has 0 unspecified atom stereocenters. The molecule has 106 valence electrons. The first kappa shape index (κ1) is 18.5. The van der Waals surface area contributed by atoms with E-state index in [2.05, 4.69) is 10.2 Å². The van der Waals surface area contributed by atoms with E-state index in [4.69, 9.17) is 5.73 Å². The standard InChI is InChI=1S/C12H18BF3N3.K/c1-9-11(13(14,15)16)6-10(7-12(9)17)8-19-4-2-18-3-5-19;/h6-7,18H,2-5,8,17H2,1H3;/q-1;+1. The van der Waals surface area contributed by atoms with Gasteiger partial charge in [-0.1, -0.05) is 11.6 Å². The van der Waals surface area contributed by atoms with Crippen LogP contribution in [0.3, 0.4) is 0 Å². The first-order valence-corrected chi connectivity index (χ1v) is 6.40. The molecule has 3 nitrogen and oxygen atoms in total. The molecule has 1 heterocycles. The summed E-state index contributed by atoms with van der Waals surface area (Å²) in [7, 11) is 0. The second-order valence-electron chi connectivity index (χ2n) is 5.00. The number of nitrogens with zero attached hydrogens (tertiary/aromatic N) is 1. The van der Waals surface area contributed by atoms with Crippen LogP contribution in [0, 0.1) is 6.92 Å². The van der Waals surface area contributed by atoms with Crippen LogP contribution in [0.1, 0.15) is 11.1 Å². The zero-order chi connectivity index (χ0) is 14.0. The summed E-state index contributed by atoms with van der Waals surface area (Å²) in [5.41, 5.74) is 6.14. The molecule has 0 amide bonds. The van der Waals surface area contributed by atoms with Gasteiger partial charge in [-0.15, -0.1) is 5.46 Å². The van der Waals surface area contributed by atoms with Crippen LogP contribution >= 0.6 is 0 Å². The maximum absolute atomic E-state index is 13.0. The Morgan fingerprint density at radius 1 is 1.25 bits per heavy atom. The summed E-state index contributed by atoms with van der Waals surface area (Å²) in [6.45, 7) is 0.374. The van der Waals surface area contributed by atoms with Crippen molar-refractivity contribution < 1.29 is 64.3 Å². The molecule has 1 fully saturated rings. The number of benzene rings is 1. The summed E-state index contributed by atoms with van der Waals surface area (Å²) in [6, 6.07) is 2.90. The Balaban J connectivity index is 0.00000200. The van der Waals surface area contributed by atoms with Gasteiger partial charge in [0.1, 0.15) is 0 Å². The van der Waals surface area contributed by atoms with Gasteiger partial charge < -0.3 is 24.0 Å². The predicted molar refractivity (Wildman–Crippen MR) is 72.5 cm³/mol. The topological polar surface area (TPSA) is 41.3 Å². The molecule has 0 aromatic heterocycles. The molecule has 1 aromatic carbocycles. The third-order valence-corrected chi connectivity index (χ3v) is 3.52. The van der Waals surface area contributed by atoms with Crippen LogP contribution in [-0.4, -0.2) is 38.1 Å². The Morgan fingerprint density at radius 2 is 1.85 bits per heavy atom. The van der Waals surface area contributed by atoms with Crippen molar-refractivity contribution in [3.05, 3.63) is 23.3 Å². The van der Waals surface area contributed by atoms with Crippen LogP contribution in [0.25, 0.3) is 0 Å². The molecule has 2 rings (SSSR count). The molecule has 0 radical (unpaired) electrons. The maximum atomic E-state index is 13.0. The van der Waals surface area contributed by atoms with E-state index in [0.29, 0.717) is 12.1 Å². The molecule has 1 aliphatic rings. The van der Waals surface area contributed by atoms with Gasteiger partial charge in [0.05, 0.1) is 0 Å². The number of piperazine rings is 1. The van der Waals surface area contributed by atoms with E-state index < -0.39 is 12.4 Å². The predicted octanol–water partition coefficient (Wildman–Crippen LogP) is -1.96. The van der Waals surface area contributed by atoms with Gasteiger partial charge in [-0.2, -0.15) is 0 Å². The van der Waals surface area contributed by atoms with Gasteiger partial charge in [0, 0.05) is 38.4 Å². The molecule has 1 aromatic rings. The first-order valence-electron chi connectivity index (χ1n) is 6.40. The summed E-state index contributed by atoms with van der Waals surface area (Å²) in [5, 5.41) is 3.21. The Morgan fingerprint density at radius 3 is 2.40 bits per heavy atom. The van der Waals surface area contributed by atoms with Crippen molar-refractivity contribution in [3.8, 4) is 0 Å². The maximum Gasteiger partial charge on any atom is 1.00 e. The number of anilines is 1. The van der Waals surface area contributed by atoms with Gasteiger partial charge in [-0.3, -0.25) is 4.90 Å². The molecule has 20 heavy (non-hydrogen) atoms. The van der Waals surface area contributed by atoms with Gasteiger partial charge in [-0.05, 0) is 18.6 Å². The monoisotopic (exact) mass is 311 g/mol. The van der Waals surface area contributed by atoms with Crippen LogP contribution < -0.4 is 67.9 Å². The fourth-order valence-corrected chi connectivity index (χ4v) is 2.38. The molecule has 0 bridgehead atoms. The summed E-state index contributed by atoms with van der Waals surface area (Å²) < 4.78 is 38.9. The second-order valence-corrected chi connectivity index (χ2v) is 5.00. The minimum atomic E-state index is -5.01. The van der Waals surface area contributed by atoms with Crippen LogP contribution in [0.4, 0.5) is 18.6 Å². The number of nitrogen functional groups attached to an aromatic ring is 1. The van der Waals surface area contributed by atoms with E-state index in [0.717, 1.165) is 26.2 Å². The van der Waals surface area contributed by atoms with Crippen molar-refractivity contribution in [1.82, 2.24) is 10.2 Å². The number of hydrogen-bond acceptors (Lipinski definition) is 3. The summed E-state index contributed by atoms with van der Waals surface area (Å²) >= 11 is 0. The van der Waals surface area contributed by atoms with Gasteiger partial charge in [0.15, 0.2) is 0 Å². The molecule has 1 aliphatic heterocycles.